The van der Waals surface area contributed by atoms with Crippen LogP contribution in [0.1, 0.15) is 12.5 Å². The van der Waals surface area contributed by atoms with E-state index in [2.05, 4.69) is 57.2 Å². The summed E-state index contributed by atoms with van der Waals surface area (Å²) in [5.74, 6) is -0.0317. The lowest BCUT2D eigenvalue weighted by Gasteiger charge is -2.28. The molecular weight excluding hydrogens is 456 g/mol. The minimum atomic E-state index is -0.291. The zero-order valence-corrected chi connectivity index (χ0v) is 20.7. The number of benzene rings is 3. The van der Waals surface area contributed by atoms with Crippen molar-refractivity contribution >= 4 is 40.1 Å². The van der Waals surface area contributed by atoms with Gasteiger partial charge in [0.2, 0.25) is 5.91 Å². The van der Waals surface area contributed by atoms with Crippen LogP contribution in [0.3, 0.4) is 0 Å². The molecule has 1 aromatic heterocycles. The number of fused-ring (bicyclic) bond motifs is 1. The molecule has 1 amide bonds. The zero-order valence-electron chi connectivity index (χ0n) is 19.9. The fraction of sp³-hybridized carbons (Fsp3) is 0.286. The number of nitrogens with one attached hydrogen (secondary N) is 1. The second kappa shape index (κ2) is 11.0. The molecule has 1 atom stereocenters. The van der Waals surface area contributed by atoms with Gasteiger partial charge in [0.1, 0.15) is 0 Å². The van der Waals surface area contributed by atoms with Crippen molar-refractivity contribution in [3.8, 4) is 0 Å². The zero-order chi connectivity index (χ0) is 24.0. The summed E-state index contributed by atoms with van der Waals surface area (Å²) in [7, 11) is 0. The van der Waals surface area contributed by atoms with Gasteiger partial charge in [-0.1, -0.05) is 54.2 Å². The second-order valence-electron chi connectivity index (χ2n) is 8.67. The summed E-state index contributed by atoms with van der Waals surface area (Å²) in [4.78, 5) is 20.2. The number of para-hydroxylation sites is 2. The van der Waals surface area contributed by atoms with Crippen molar-refractivity contribution in [3.05, 3.63) is 84.4 Å². The molecule has 180 valence electrons. The Balaban J connectivity index is 1.26. The molecule has 2 heterocycles. The van der Waals surface area contributed by atoms with E-state index >= 15 is 0 Å². The van der Waals surface area contributed by atoms with Crippen molar-refractivity contribution in [1.82, 2.24) is 9.55 Å². The van der Waals surface area contributed by atoms with E-state index < -0.39 is 0 Å². The Labute approximate surface area is 210 Å². The summed E-state index contributed by atoms with van der Waals surface area (Å²) in [6.07, 6.45) is 0.908. The predicted molar refractivity (Wildman–Crippen MR) is 143 cm³/mol. The number of aromatic nitrogens is 2. The molecular formula is C28H30N4O2S. The number of imidazole rings is 1. The highest BCUT2D eigenvalue weighted by atomic mass is 32.2. The molecule has 0 saturated carbocycles. The van der Waals surface area contributed by atoms with Gasteiger partial charge in [0, 0.05) is 31.0 Å². The summed E-state index contributed by atoms with van der Waals surface area (Å²) < 4.78 is 7.66. The quantitative estimate of drug-likeness (QED) is 0.346. The number of hydrogen-bond donors (Lipinski definition) is 1. The van der Waals surface area contributed by atoms with Gasteiger partial charge >= 0.3 is 0 Å². The van der Waals surface area contributed by atoms with E-state index in [1.54, 1.807) is 0 Å². The highest BCUT2D eigenvalue weighted by Crippen LogP contribution is 2.29. The van der Waals surface area contributed by atoms with E-state index in [-0.39, 0.29) is 11.2 Å². The highest BCUT2D eigenvalue weighted by molar-refractivity contribution is 8.00. The number of rotatable bonds is 8. The average Bonchev–Trinajstić information content (AvgIpc) is 3.25. The number of anilines is 2. The molecule has 7 heteroatoms. The Kier molecular flexibility index (Phi) is 7.35. The third-order valence-corrected chi connectivity index (χ3v) is 7.34. The van der Waals surface area contributed by atoms with Crippen LogP contribution in [0.2, 0.25) is 0 Å². The summed E-state index contributed by atoms with van der Waals surface area (Å²) in [5.41, 5.74) is 5.29. The lowest BCUT2D eigenvalue weighted by molar-refractivity contribution is -0.115. The summed E-state index contributed by atoms with van der Waals surface area (Å²) in [6.45, 7) is 6.04. The van der Waals surface area contributed by atoms with E-state index in [1.807, 2.05) is 43.3 Å². The van der Waals surface area contributed by atoms with Crippen LogP contribution in [0.25, 0.3) is 11.0 Å². The highest BCUT2D eigenvalue weighted by Gasteiger charge is 2.20. The molecule has 35 heavy (non-hydrogen) atoms. The molecule has 1 unspecified atom stereocenters. The van der Waals surface area contributed by atoms with Crippen LogP contribution in [0, 0.1) is 0 Å². The fourth-order valence-corrected chi connectivity index (χ4v) is 5.23. The molecule has 0 bridgehead atoms. The van der Waals surface area contributed by atoms with Crippen molar-refractivity contribution in [2.75, 3.05) is 36.5 Å². The molecule has 0 spiro atoms. The molecule has 5 rings (SSSR count). The first kappa shape index (κ1) is 23.5. The van der Waals surface area contributed by atoms with Crippen LogP contribution in [0.5, 0.6) is 0 Å². The number of morpholine rings is 1. The van der Waals surface area contributed by atoms with Crippen molar-refractivity contribution in [2.24, 2.45) is 0 Å². The molecule has 1 aliphatic heterocycles. The maximum absolute atomic E-state index is 13.0. The van der Waals surface area contributed by atoms with Gasteiger partial charge in [-0.25, -0.2) is 4.98 Å². The van der Waals surface area contributed by atoms with Crippen LogP contribution in [0.15, 0.2) is 84.0 Å². The van der Waals surface area contributed by atoms with Gasteiger partial charge < -0.3 is 19.5 Å². The topological polar surface area (TPSA) is 59.4 Å². The fourth-order valence-electron chi connectivity index (χ4n) is 4.28. The molecule has 3 aromatic carbocycles. The number of nitrogens with zero attached hydrogens (tertiary/aromatic N) is 3. The molecule has 4 aromatic rings. The van der Waals surface area contributed by atoms with Crippen molar-refractivity contribution < 1.29 is 9.53 Å². The number of aryl methyl sites for hydroxylation is 2. The summed E-state index contributed by atoms with van der Waals surface area (Å²) in [5, 5.41) is 3.64. The Hall–Kier alpha value is -3.29. The van der Waals surface area contributed by atoms with Crippen LogP contribution in [0.4, 0.5) is 11.4 Å². The van der Waals surface area contributed by atoms with Gasteiger partial charge in [-0.3, -0.25) is 4.79 Å². The van der Waals surface area contributed by atoms with E-state index in [1.165, 1.54) is 17.3 Å². The maximum Gasteiger partial charge on any atom is 0.237 e. The molecule has 6 nitrogen and oxygen atoms in total. The number of ether oxygens (including phenoxy) is 1. The monoisotopic (exact) mass is 486 g/mol. The Bertz CT molecular complexity index is 1270. The van der Waals surface area contributed by atoms with Crippen molar-refractivity contribution in [3.63, 3.8) is 0 Å². The Morgan fingerprint density at radius 1 is 1.00 bits per heavy atom. The third kappa shape index (κ3) is 5.69. The molecule has 0 aliphatic carbocycles. The smallest absolute Gasteiger partial charge is 0.237 e. The predicted octanol–water partition coefficient (Wildman–Crippen LogP) is 5.23. The first-order valence-corrected chi connectivity index (χ1v) is 12.9. The van der Waals surface area contributed by atoms with Gasteiger partial charge in [-0.05, 0) is 55.3 Å². The van der Waals surface area contributed by atoms with Gasteiger partial charge in [0.15, 0.2) is 5.16 Å². The van der Waals surface area contributed by atoms with Gasteiger partial charge in [-0.2, -0.15) is 0 Å². The lowest BCUT2D eigenvalue weighted by Crippen LogP contribution is -2.36. The van der Waals surface area contributed by atoms with Crippen molar-refractivity contribution in [1.29, 1.82) is 0 Å². The van der Waals surface area contributed by atoms with Gasteiger partial charge in [0.05, 0.1) is 29.5 Å². The Morgan fingerprint density at radius 2 is 1.71 bits per heavy atom. The minimum absolute atomic E-state index is 0.0317. The molecule has 1 aliphatic rings. The van der Waals surface area contributed by atoms with Crippen LogP contribution < -0.4 is 10.2 Å². The number of carbonyl (C=O) groups excluding carboxylic acids is 1. The molecule has 1 N–H and O–H groups in total. The average molecular weight is 487 g/mol. The third-order valence-electron chi connectivity index (χ3n) is 6.25. The number of thioether (sulfide) groups is 1. The SMILES string of the molecule is CC(Sc1nc2ccccc2n1CCc1ccccc1)C(=O)Nc1ccc(N2CCOCC2)cc1. The minimum Gasteiger partial charge on any atom is -0.378 e. The van der Waals surface area contributed by atoms with Crippen LogP contribution >= 0.6 is 11.8 Å². The summed E-state index contributed by atoms with van der Waals surface area (Å²) >= 11 is 1.50. The number of amides is 1. The lowest BCUT2D eigenvalue weighted by atomic mass is 10.1. The van der Waals surface area contributed by atoms with Crippen LogP contribution in [-0.4, -0.2) is 47.0 Å². The normalized spacial score (nSPS) is 14.7. The molecule has 0 radical (unpaired) electrons. The summed E-state index contributed by atoms with van der Waals surface area (Å²) in [6, 6.07) is 26.7. The first-order chi connectivity index (χ1) is 17.2. The maximum atomic E-state index is 13.0. The Morgan fingerprint density at radius 3 is 2.49 bits per heavy atom. The van der Waals surface area contributed by atoms with E-state index in [9.17, 15) is 4.79 Å². The standard InChI is InChI=1S/C28H30N4O2S/c1-21(27(33)29-23-11-13-24(14-12-23)31-17-19-34-20-18-31)35-28-30-25-9-5-6-10-26(25)32(28)16-15-22-7-3-2-4-8-22/h2-14,21H,15-20H2,1H3,(H,29,33). The number of hydrogen-bond acceptors (Lipinski definition) is 5. The molecule has 1 fully saturated rings. The van der Waals surface area contributed by atoms with Gasteiger partial charge in [0.25, 0.3) is 0 Å². The van der Waals surface area contributed by atoms with Crippen LogP contribution in [-0.2, 0) is 22.5 Å². The van der Waals surface area contributed by atoms with Gasteiger partial charge in [-0.15, -0.1) is 0 Å². The first-order valence-electron chi connectivity index (χ1n) is 12.1. The molecule has 1 saturated heterocycles. The van der Waals surface area contributed by atoms with E-state index in [0.717, 1.165) is 66.8 Å². The largest absolute Gasteiger partial charge is 0.378 e. The number of carbonyl (C=O) groups is 1. The second-order valence-corrected chi connectivity index (χ2v) is 9.97. The van der Waals surface area contributed by atoms with E-state index in [4.69, 9.17) is 9.72 Å². The van der Waals surface area contributed by atoms with Crippen molar-refractivity contribution in [2.45, 2.75) is 30.3 Å². The van der Waals surface area contributed by atoms with E-state index in [0.29, 0.717) is 0 Å².